The Bertz CT molecular complexity index is 1680. The van der Waals surface area contributed by atoms with Gasteiger partial charge in [0.2, 0.25) is 0 Å². The summed E-state index contributed by atoms with van der Waals surface area (Å²) in [5.74, 6) is 0. The number of fused-ring (bicyclic) bond motifs is 1. The summed E-state index contributed by atoms with van der Waals surface area (Å²) < 4.78 is 53.7. The number of phosphoric ester groups is 1. The highest BCUT2D eigenvalue weighted by molar-refractivity contribution is 7.66. The standard InChI is InChI=1S/C22H24N3O12P3S/c26-17-11-20(35-18(17)12-34-39(30,31)37-40(32,33)36-38(27,28)29)25-13-24-21-16(8-9-23-22(21)25)19-7-6-15(41-19)10-14-4-2-1-3-5-14/h1-9,13,17-18,20,26H,10-12H2,(H,30,31)(H,32,33)(H2,27,28,29)/t17-,18-,20-/m1/s1. The lowest BCUT2D eigenvalue weighted by Crippen LogP contribution is -2.26. The number of aromatic nitrogens is 3. The third-order valence-corrected chi connectivity index (χ3v) is 10.9. The third kappa shape index (κ3) is 7.64. The maximum atomic E-state index is 12.0. The van der Waals surface area contributed by atoms with Crippen molar-refractivity contribution in [2.75, 3.05) is 6.61 Å². The minimum Gasteiger partial charge on any atom is -0.390 e. The van der Waals surface area contributed by atoms with E-state index in [1.165, 1.54) is 16.8 Å². The van der Waals surface area contributed by atoms with Crippen LogP contribution in [0.25, 0.3) is 21.6 Å². The summed E-state index contributed by atoms with van der Waals surface area (Å²) in [7, 11) is -16.5. The Hall–Kier alpha value is -2.13. The van der Waals surface area contributed by atoms with E-state index in [0.29, 0.717) is 11.2 Å². The summed E-state index contributed by atoms with van der Waals surface area (Å²) in [5.41, 5.74) is 3.15. The number of pyridine rings is 1. The smallest absolute Gasteiger partial charge is 0.390 e. The van der Waals surface area contributed by atoms with Crippen molar-refractivity contribution in [2.24, 2.45) is 0 Å². The summed E-state index contributed by atoms with van der Waals surface area (Å²) in [5, 5.41) is 10.5. The number of hydrogen-bond acceptors (Lipinski definition) is 11. The number of ether oxygens (including phenoxy) is 1. The van der Waals surface area contributed by atoms with Crippen molar-refractivity contribution in [3.63, 3.8) is 0 Å². The van der Waals surface area contributed by atoms with Crippen LogP contribution in [0.1, 0.15) is 23.1 Å². The molecule has 4 heterocycles. The molecule has 0 amide bonds. The van der Waals surface area contributed by atoms with Crippen molar-refractivity contribution >= 4 is 46.0 Å². The van der Waals surface area contributed by atoms with Crippen molar-refractivity contribution in [2.45, 2.75) is 31.3 Å². The average Bonchev–Trinajstić information content (AvgIpc) is 3.59. The Morgan fingerprint density at radius 2 is 1.73 bits per heavy atom. The predicted molar refractivity (Wildman–Crippen MR) is 144 cm³/mol. The molecule has 3 aromatic heterocycles. The minimum absolute atomic E-state index is 0.0298. The van der Waals surface area contributed by atoms with Crippen LogP contribution in [0.2, 0.25) is 0 Å². The largest absolute Gasteiger partial charge is 0.490 e. The third-order valence-electron chi connectivity index (χ3n) is 5.94. The summed E-state index contributed by atoms with van der Waals surface area (Å²) >= 11 is 1.64. The fourth-order valence-corrected chi connectivity index (χ4v) is 8.36. The first-order valence-corrected chi connectivity index (χ1v) is 17.2. The zero-order chi connectivity index (χ0) is 29.4. The van der Waals surface area contributed by atoms with E-state index in [1.807, 2.05) is 30.3 Å². The number of rotatable bonds is 11. The van der Waals surface area contributed by atoms with E-state index in [4.69, 9.17) is 14.5 Å². The van der Waals surface area contributed by atoms with Crippen molar-refractivity contribution in [1.29, 1.82) is 0 Å². The fourth-order valence-electron chi connectivity index (χ4n) is 4.26. The number of aliphatic hydroxyl groups is 1. The average molecular weight is 647 g/mol. The van der Waals surface area contributed by atoms with E-state index in [-0.39, 0.29) is 6.42 Å². The molecule has 15 nitrogen and oxygen atoms in total. The van der Waals surface area contributed by atoms with Crippen LogP contribution in [0, 0.1) is 0 Å². The van der Waals surface area contributed by atoms with E-state index in [2.05, 4.69) is 41.3 Å². The van der Waals surface area contributed by atoms with Gasteiger partial charge in [0.05, 0.1) is 19.0 Å². The minimum atomic E-state index is -5.66. The summed E-state index contributed by atoms with van der Waals surface area (Å²) in [6, 6.07) is 16.0. The molecule has 5 atom stereocenters. The van der Waals surface area contributed by atoms with E-state index >= 15 is 0 Å². The number of nitrogens with zero attached hydrogens (tertiary/aromatic N) is 3. The molecule has 0 saturated carbocycles. The second kappa shape index (κ2) is 11.9. The number of hydrogen-bond donors (Lipinski definition) is 5. The predicted octanol–water partition coefficient (Wildman–Crippen LogP) is 3.74. The lowest BCUT2D eigenvalue weighted by molar-refractivity contribution is -0.0423. The second-order valence-electron chi connectivity index (χ2n) is 8.93. The molecule has 19 heteroatoms. The van der Waals surface area contributed by atoms with Crippen molar-refractivity contribution in [3.05, 3.63) is 71.5 Å². The Kier molecular flexibility index (Phi) is 8.78. The normalized spacial score (nSPS) is 22.5. The molecule has 1 aromatic carbocycles. The molecular weight excluding hydrogens is 623 g/mol. The Balaban J connectivity index is 1.27. The Labute approximate surface area is 236 Å². The highest BCUT2D eigenvalue weighted by atomic mass is 32.1. The highest BCUT2D eigenvalue weighted by Gasteiger charge is 2.43. The van der Waals surface area contributed by atoms with Gasteiger partial charge in [0.25, 0.3) is 0 Å². The van der Waals surface area contributed by atoms with Gasteiger partial charge in [0, 0.05) is 34.4 Å². The molecular formula is C22H24N3O12P3S. The first kappa shape index (κ1) is 30.3. The Morgan fingerprint density at radius 3 is 2.46 bits per heavy atom. The van der Waals surface area contributed by atoms with Crippen molar-refractivity contribution in [3.8, 4) is 10.4 Å². The molecule has 0 radical (unpaired) electrons. The molecule has 1 aliphatic rings. The van der Waals surface area contributed by atoms with Crippen LogP contribution in [-0.2, 0) is 38.0 Å². The molecule has 4 aromatic rings. The van der Waals surface area contributed by atoms with E-state index in [9.17, 15) is 28.6 Å². The van der Waals surface area contributed by atoms with Gasteiger partial charge in [-0.05, 0) is 23.8 Å². The second-order valence-corrected chi connectivity index (χ2v) is 14.5. The van der Waals surface area contributed by atoms with Crippen LogP contribution in [0.3, 0.4) is 0 Å². The van der Waals surface area contributed by atoms with Gasteiger partial charge in [0.15, 0.2) is 5.65 Å². The summed E-state index contributed by atoms with van der Waals surface area (Å²) in [4.78, 5) is 47.3. The SMILES string of the molecule is O=P(O)(O)OP(=O)(O)OP(=O)(O)OC[C@H]1O[C@@H](n2cnc3c(-c4ccc(Cc5ccccc5)s4)ccnc32)C[C@H]1O. The maximum Gasteiger partial charge on any atom is 0.490 e. The van der Waals surface area contributed by atoms with Crippen LogP contribution in [0.4, 0.5) is 0 Å². The Morgan fingerprint density at radius 1 is 0.976 bits per heavy atom. The van der Waals surface area contributed by atoms with Crippen LogP contribution in [0.5, 0.6) is 0 Å². The van der Waals surface area contributed by atoms with Gasteiger partial charge in [-0.1, -0.05) is 30.3 Å². The molecule has 5 N–H and O–H groups in total. The molecule has 1 aliphatic heterocycles. The van der Waals surface area contributed by atoms with E-state index < -0.39 is 48.5 Å². The van der Waals surface area contributed by atoms with Crippen LogP contribution in [0.15, 0.2) is 61.1 Å². The topological polar surface area (TPSA) is 220 Å². The molecule has 220 valence electrons. The number of imidazole rings is 1. The molecule has 0 aliphatic carbocycles. The van der Waals surface area contributed by atoms with Gasteiger partial charge in [-0.15, -0.1) is 11.3 Å². The van der Waals surface area contributed by atoms with Crippen molar-refractivity contribution < 1.29 is 56.3 Å². The van der Waals surface area contributed by atoms with Gasteiger partial charge >= 0.3 is 23.5 Å². The van der Waals surface area contributed by atoms with E-state index in [0.717, 1.165) is 16.9 Å². The molecule has 0 bridgehead atoms. The molecule has 1 fully saturated rings. The van der Waals surface area contributed by atoms with Crippen LogP contribution in [-0.4, -0.2) is 58.0 Å². The lowest BCUT2D eigenvalue weighted by Gasteiger charge is -2.19. The molecule has 1 saturated heterocycles. The van der Waals surface area contributed by atoms with Gasteiger partial charge in [-0.2, -0.15) is 8.62 Å². The molecule has 41 heavy (non-hydrogen) atoms. The van der Waals surface area contributed by atoms with Crippen LogP contribution < -0.4 is 0 Å². The zero-order valence-corrected chi connectivity index (χ0v) is 24.3. The van der Waals surface area contributed by atoms with Crippen LogP contribution >= 0.6 is 34.8 Å². The van der Waals surface area contributed by atoms with Gasteiger partial charge in [-0.3, -0.25) is 9.09 Å². The van der Waals surface area contributed by atoms with Crippen molar-refractivity contribution in [1.82, 2.24) is 14.5 Å². The monoisotopic (exact) mass is 647 g/mol. The number of aliphatic hydroxyl groups excluding tert-OH is 1. The molecule has 5 rings (SSSR count). The first-order chi connectivity index (χ1) is 19.3. The quantitative estimate of drug-likeness (QED) is 0.147. The molecule has 0 spiro atoms. The number of phosphoric acid groups is 3. The van der Waals surface area contributed by atoms with E-state index in [1.54, 1.807) is 22.1 Å². The van der Waals surface area contributed by atoms with Gasteiger partial charge in [0.1, 0.15) is 17.8 Å². The number of thiophene rings is 1. The number of benzene rings is 1. The maximum absolute atomic E-state index is 12.0. The summed E-state index contributed by atoms with van der Waals surface area (Å²) in [6.45, 7) is -0.772. The molecule has 2 unspecified atom stereocenters. The first-order valence-electron chi connectivity index (χ1n) is 11.8. The zero-order valence-electron chi connectivity index (χ0n) is 20.8. The van der Waals surface area contributed by atoms with Gasteiger partial charge < -0.3 is 29.4 Å². The van der Waals surface area contributed by atoms with Gasteiger partial charge in [-0.25, -0.2) is 23.7 Å². The highest BCUT2D eigenvalue weighted by Crippen LogP contribution is 2.66. The fraction of sp³-hybridized carbons (Fsp3) is 0.273. The summed E-state index contributed by atoms with van der Waals surface area (Å²) in [6.07, 6.45) is 0.802. The lowest BCUT2D eigenvalue weighted by atomic mass is 10.1.